The SMILES string of the molecule is CSc1ccc(S(=O)(=O)[O-])cc1. The van der Waals surface area contributed by atoms with E-state index in [2.05, 4.69) is 0 Å². The molecule has 0 saturated carbocycles. The maximum absolute atomic E-state index is 10.5. The van der Waals surface area contributed by atoms with Crippen molar-refractivity contribution in [3.63, 3.8) is 0 Å². The standard InChI is InChI=1S/C7H8O3S2/c1-11-6-2-4-7(5-3-6)12(8,9)10/h2-5H,1H3,(H,8,9,10)/p-1. The van der Waals surface area contributed by atoms with Crippen LogP contribution in [0.15, 0.2) is 34.1 Å². The lowest BCUT2D eigenvalue weighted by atomic mass is 10.4. The molecule has 66 valence electrons. The highest BCUT2D eigenvalue weighted by Crippen LogP contribution is 2.16. The summed E-state index contributed by atoms with van der Waals surface area (Å²) in [6, 6.07) is 5.84. The molecule has 0 aliphatic heterocycles. The largest absolute Gasteiger partial charge is 0.744 e. The van der Waals surface area contributed by atoms with Gasteiger partial charge in [-0.15, -0.1) is 11.8 Å². The van der Waals surface area contributed by atoms with Crippen LogP contribution >= 0.6 is 11.8 Å². The van der Waals surface area contributed by atoms with Crippen molar-refractivity contribution in [3.05, 3.63) is 24.3 Å². The Morgan fingerprint density at radius 1 is 1.25 bits per heavy atom. The van der Waals surface area contributed by atoms with Crippen LogP contribution < -0.4 is 0 Å². The highest BCUT2D eigenvalue weighted by atomic mass is 32.2. The van der Waals surface area contributed by atoms with Crippen molar-refractivity contribution in [3.8, 4) is 0 Å². The summed E-state index contributed by atoms with van der Waals surface area (Å²) in [5.41, 5.74) is 0. The zero-order chi connectivity index (χ0) is 9.19. The average Bonchev–Trinajstić information content (AvgIpc) is 2.03. The minimum atomic E-state index is -4.29. The summed E-state index contributed by atoms with van der Waals surface area (Å²) < 4.78 is 31.4. The first-order valence-corrected chi connectivity index (χ1v) is 5.77. The van der Waals surface area contributed by atoms with Crippen molar-refractivity contribution in [1.29, 1.82) is 0 Å². The van der Waals surface area contributed by atoms with Crippen molar-refractivity contribution in [2.75, 3.05) is 6.26 Å². The second kappa shape index (κ2) is 3.47. The lowest BCUT2D eigenvalue weighted by Gasteiger charge is -2.06. The van der Waals surface area contributed by atoms with Crippen molar-refractivity contribution in [2.24, 2.45) is 0 Å². The van der Waals surface area contributed by atoms with Gasteiger partial charge in [0.05, 0.1) is 4.90 Å². The zero-order valence-corrected chi connectivity index (χ0v) is 7.98. The molecule has 0 bridgehead atoms. The van der Waals surface area contributed by atoms with Crippen LogP contribution in [0.25, 0.3) is 0 Å². The first-order valence-electron chi connectivity index (χ1n) is 3.14. The molecule has 0 heterocycles. The van der Waals surface area contributed by atoms with E-state index in [4.69, 9.17) is 0 Å². The van der Waals surface area contributed by atoms with E-state index in [1.807, 2.05) is 6.26 Å². The van der Waals surface area contributed by atoms with E-state index in [1.54, 1.807) is 12.1 Å². The number of hydrogen-bond acceptors (Lipinski definition) is 4. The van der Waals surface area contributed by atoms with Gasteiger partial charge in [-0.3, -0.25) is 0 Å². The summed E-state index contributed by atoms with van der Waals surface area (Å²) in [5.74, 6) is 0. The monoisotopic (exact) mass is 203 g/mol. The second-order valence-corrected chi connectivity index (χ2v) is 4.39. The van der Waals surface area contributed by atoms with Gasteiger partial charge in [-0.2, -0.15) is 0 Å². The second-order valence-electron chi connectivity index (χ2n) is 2.13. The van der Waals surface area contributed by atoms with Gasteiger partial charge in [0.2, 0.25) is 0 Å². The minimum absolute atomic E-state index is 0.180. The Morgan fingerprint density at radius 3 is 2.08 bits per heavy atom. The summed E-state index contributed by atoms with van der Waals surface area (Å²) in [6.07, 6.45) is 1.88. The van der Waals surface area contributed by atoms with Gasteiger partial charge in [0.1, 0.15) is 10.1 Å². The first-order chi connectivity index (χ1) is 5.54. The normalized spacial score (nSPS) is 11.5. The number of benzene rings is 1. The topological polar surface area (TPSA) is 57.2 Å². The predicted molar refractivity (Wildman–Crippen MR) is 46.2 cm³/mol. The molecule has 0 radical (unpaired) electrons. The molecule has 5 heteroatoms. The molecule has 12 heavy (non-hydrogen) atoms. The van der Waals surface area contributed by atoms with E-state index in [9.17, 15) is 13.0 Å². The van der Waals surface area contributed by atoms with Gasteiger partial charge in [0, 0.05) is 4.90 Å². The van der Waals surface area contributed by atoms with Crippen LogP contribution in [0.1, 0.15) is 0 Å². The molecule has 0 saturated heterocycles. The quantitative estimate of drug-likeness (QED) is 0.537. The number of thioether (sulfide) groups is 1. The van der Waals surface area contributed by atoms with Crippen molar-refractivity contribution >= 4 is 21.9 Å². The maximum Gasteiger partial charge on any atom is 0.124 e. The predicted octanol–water partition coefficient (Wildman–Crippen LogP) is 1.31. The number of hydrogen-bond donors (Lipinski definition) is 0. The van der Waals surface area contributed by atoms with Crippen LogP contribution in [-0.2, 0) is 10.1 Å². The summed E-state index contributed by atoms with van der Waals surface area (Å²) in [4.78, 5) is 0.753. The fourth-order valence-corrected chi connectivity index (χ4v) is 1.62. The van der Waals surface area contributed by atoms with Crippen molar-refractivity contribution in [2.45, 2.75) is 9.79 Å². The summed E-state index contributed by atoms with van der Waals surface area (Å²) in [6.45, 7) is 0. The van der Waals surface area contributed by atoms with Crippen molar-refractivity contribution < 1.29 is 13.0 Å². The molecule has 0 fully saturated rings. The van der Waals surface area contributed by atoms with Gasteiger partial charge in [-0.1, -0.05) is 0 Å². The Labute approximate surface area is 75.5 Å². The Morgan fingerprint density at radius 2 is 1.75 bits per heavy atom. The molecule has 1 aromatic rings. The molecule has 0 aliphatic rings. The van der Waals surface area contributed by atoms with E-state index in [0.717, 1.165) is 4.90 Å². The molecule has 0 unspecified atom stereocenters. The van der Waals surface area contributed by atoms with Gasteiger partial charge >= 0.3 is 0 Å². The van der Waals surface area contributed by atoms with Gasteiger partial charge in [0.25, 0.3) is 0 Å². The molecule has 0 aliphatic carbocycles. The van der Waals surface area contributed by atoms with E-state index < -0.39 is 10.1 Å². The lowest BCUT2D eigenvalue weighted by molar-refractivity contribution is 0.463. The minimum Gasteiger partial charge on any atom is -0.744 e. The van der Waals surface area contributed by atoms with E-state index in [0.29, 0.717) is 0 Å². The average molecular weight is 203 g/mol. The van der Waals surface area contributed by atoms with Crippen LogP contribution in [0.5, 0.6) is 0 Å². The van der Waals surface area contributed by atoms with E-state index >= 15 is 0 Å². The number of rotatable bonds is 2. The van der Waals surface area contributed by atoms with Gasteiger partial charge in [0.15, 0.2) is 0 Å². The molecule has 1 rings (SSSR count). The highest BCUT2D eigenvalue weighted by Gasteiger charge is 1.99. The molecule has 1 aromatic carbocycles. The first kappa shape index (κ1) is 9.57. The molecule has 0 N–H and O–H groups in total. The van der Waals surface area contributed by atoms with Crippen LogP contribution in [0.4, 0.5) is 0 Å². The highest BCUT2D eigenvalue weighted by molar-refractivity contribution is 7.98. The third-order valence-electron chi connectivity index (χ3n) is 1.35. The molecule has 0 spiro atoms. The van der Waals surface area contributed by atoms with Gasteiger partial charge in [-0.05, 0) is 30.5 Å². The maximum atomic E-state index is 10.5. The molecular formula is C7H7O3S2-. The molecule has 0 amide bonds. The summed E-state index contributed by atoms with van der Waals surface area (Å²) in [7, 11) is -4.29. The van der Waals surface area contributed by atoms with Crippen LogP contribution in [0.2, 0.25) is 0 Å². The zero-order valence-electron chi connectivity index (χ0n) is 6.35. The van der Waals surface area contributed by atoms with Crippen molar-refractivity contribution in [1.82, 2.24) is 0 Å². The Kier molecular flexibility index (Phi) is 2.76. The smallest absolute Gasteiger partial charge is 0.124 e. The van der Waals surface area contributed by atoms with E-state index in [1.165, 1.54) is 23.9 Å². The molecule has 0 aromatic heterocycles. The Bertz CT molecular complexity index is 353. The van der Waals surface area contributed by atoms with Crippen LogP contribution in [0, 0.1) is 0 Å². The molecule has 0 atom stereocenters. The van der Waals surface area contributed by atoms with Crippen LogP contribution in [-0.4, -0.2) is 19.2 Å². The summed E-state index contributed by atoms with van der Waals surface area (Å²) in [5, 5.41) is 0. The van der Waals surface area contributed by atoms with Gasteiger partial charge < -0.3 is 4.55 Å². The Balaban J connectivity index is 3.09. The third-order valence-corrected chi connectivity index (χ3v) is 2.94. The Hall–Kier alpha value is -0.520. The fourth-order valence-electron chi connectivity index (χ4n) is 0.742. The van der Waals surface area contributed by atoms with Gasteiger partial charge in [-0.25, -0.2) is 8.42 Å². The molecular weight excluding hydrogens is 196 g/mol. The third kappa shape index (κ3) is 2.23. The summed E-state index contributed by atoms with van der Waals surface area (Å²) >= 11 is 1.49. The molecule has 3 nitrogen and oxygen atoms in total. The van der Waals surface area contributed by atoms with E-state index in [-0.39, 0.29) is 4.90 Å². The lowest BCUT2D eigenvalue weighted by Crippen LogP contribution is -1.97. The van der Waals surface area contributed by atoms with Crippen LogP contribution in [0.3, 0.4) is 0 Å². The fraction of sp³-hybridized carbons (Fsp3) is 0.143.